The fourth-order valence-corrected chi connectivity index (χ4v) is 4.39. The van der Waals surface area contributed by atoms with E-state index in [1.807, 2.05) is 49.4 Å². The Hall–Kier alpha value is -3.94. The summed E-state index contributed by atoms with van der Waals surface area (Å²) in [6.07, 6.45) is 0. The number of methoxy groups -OCH3 is 1. The first-order chi connectivity index (χ1) is 16.5. The number of nitrogens with zero attached hydrogens (tertiary/aromatic N) is 3. The molecule has 0 aromatic heterocycles. The number of rotatable bonds is 2. The largest absolute Gasteiger partial charge is 0.493 e. The van der Waals surface area contributed by atoms with E-state index in [2.05, 4.69) is 4.90 Å². The lowest BCUT2D eigenvalue weighted by molar-refractivity contribution is 0.0576. The summed E-state index contributed by atoms with van der Waals surface area (Å²) in [4.78, 5) is 21.6. The predicted molar refractivity (Wildman–Crippen MR) is 124 cm³/mol. The van der Waals surface area contributed by atoms with Crippen LogP contribution in [0.25, 0.3) is 0 Å². The van der Waals surface area contributed by atoms with Gasteiger partial charge in [-0.3, -0.25) is 4.79 Å². The van der Waals surface area contributed by atoms with Crippen molar-refractivity contribution in [1.82, 2.24) is 9.80 Å². The molecule has 1 amide bonds. The second-order valence-corrected chi connectivity index (χ2v) is 8.26. The highest BCUT2D eigenvalue weighted by Gasteiger charge is 2.33. The Morgan fingerprint density at radius 2 is 1.91 bits per heavy atom. The molecule has 0 spiro atoms. The minimum absolute atomic E-state index is 0.133. The van der Waals surface area contributed by atoms with E-state index in [9.17, 15) is 13.6 Å². The highest BCUT2D eigenvalue weighted by atomic mass is 19.1. The molecule has 8 heteroatoms. The van der Waals surface area contributed by atoms with E-state index in [1.165, 1.54) is 6.07 Å². The second kappa shape index (κ2) is 8.78. The molecule has 1 saturated heterocycles. The Bertz CT molecular complexity index is 1290. The van der Waals surface area contributed by atoms with Crippen molar-refractivity contribution in [2.45, 2.75) is 13.0 Å². The molecule has 5 rings (SSSR count). The van der Waals surface area contributed by atoms with Gasteiger partial charge in [0.15, 0.2) is 17.2 Å². The third kappa shape index (κ3) is 3.85. The number of halogens is 2. The van der Waals surface area contributed by atoms with Crippen LogP contribution in [-0.2, 0) is 0 Å². The van der Waals surface area contributed by atoms with Gasteiger partial charge in [0.25, 0.3) is 5.91 Å². The van der Waals surface area contributed by atoms with Crippen molar-refractivity contribution >= 4 is 17.4 Å². The molecule has 6 nitrogen and oxygen atoms in total. The molecule has 3 aromatic rings. The smallest absolute Gasteiger partial charge is 0.257 e. The molecule has 1 unspecified atom stereocenters. The third-order valence-corrected chi connectivity index (χ3v) is 6.09. The van der Waals surface area contributed by atoms with Gasteiger partial charge in [-0.15, -0.1) is 0 Å². The van der Waals surface area contributed by atoms with Gasteiger partial charge in [-0.2, -0.15) is 0 Å². The van der Waals surface area contributed by atoms with E-state index in [4.69, 9.17) is 14.5 Å². The lowest BCUT2D eigenvalue weighted by Gasteiger charge is -2.41. The number of aliphatic imine (C=N–C) groups is 1. The monoisotopic (exact) mass is 463 g/mol. The number of amidine groups is 1. The fraction of sp³-hybridized carbons (Fsp3) is 0.231. The summed E-state index contributed by atoms with van der Waals surface area (Å²) in [6, 6.07) is 16.0. The molecule has 0 saturated carbocycles. The average molecular weight is 463 g/mol. The van der Waals surface area contributed by atoms with E-state index in [0.717, 1.165) is 17.7 Å². The van der Waals surface area contributed by atoms with Crippen LogP contribution in [0.5, 0.6) is 17.2 Å². The van der Waals surface area contributed by atoms with Gasteiger partial charge in [-0.25, -0.2) is 13.8 Å². The van der Waals surface area contributed by atoms with Crippen LogP contribution >= 0.6 is 0 Å². The van der Waals surface area contributed by atoms with E-state index >= 15 is 0 Å². The number of amides is 1. The highest BCUT2D eigenvalue weighted by Crippen LogP contribution is 2.42. The molecule has 34 heavy (non-hydrogen) atoms. The predicted octanol–water partition coefficient (Wildman–Crippen LogP) is 5.00. The molecule has 1 fully saturated rings. The Morgan fingerprint density at radius 1 is 1.09 bits per heavy atom. The minimum Gasteiger partial charge on any atom is -0.493 e. The number of benzene rings is 3. The summed E-state index contributed by atoms with van der Waals surface area (Å²) in [7, 11) is 1.59. The van der Waals surface area contributed by atoms with Crippen LogP contribution in [0.2, 0.25) is 0 Å². The maximum absolute atomic E-state index is 14.2. The lowest BCUT2D eigenvalue weighted by atomic mass is 10.1. The average Bonchev–Trinajstić information content (AvgIpc) is 3.00. The number of fused-ring (bicyclic) bond motifs is 2. The summed E-state index contributed by atoms with van der Waals surface area (Å²) in [5, 5.41) is 0. The lowest BCUT2D eigenvalue weighted by Crippen LogP contribution is -2.55. The summed E-state index contributed by atoms with van der Waals surface area (Å²) in [5.41, 5.74) is 1.34. The Balaban J connectivity index is 1.47. The molecular weight excluding hydrogens is 440 g/mol. The van der Waals surface area contributed by atoms with Crippen molar-refractivity contribution in [2.24, 2.45) is 4.99 Å². The zero-order valence-electron chi connectivity index (χ0n) is 18.8. The molecule has 174 valence electrons. The molecule has 2 aliphatic rings. The van der Waals surface area contributed by atoms with Gasteiger partial charge in [0.2, 0.25) is 0 Å². The Kier molecular flexibility index (Phi) is 5.65. The summed E-state index contributed by atoms with van der Waals surface area (Å²) >= 11 is 0. The maximum Gasteiger partial charge on any atom is 0.257 e. The molecule has 1 atom stereocenters. The summed E-state index contributed by atoms with van der Waals surface area (Å²) in [6.45, 7) is 3.22. The quantitative estimate of drug-likeness (QED) is 0.537. The number of piperazine rings is 1. The number of para-hydroxylation sites is 3. The van der Waals surface area contributed by atoms with Crippen LogP contribution in [-0.4, -0.2) is 54.3 Å². The molecule has 0 bridgehead atoms. The van der Waals surface area contributed by atoms with Crippen LogP contribution in [0.4, 0.5) is 14.5 Å². The third-order valence-electron chi connectivity index (χ3n) is 6.09. The van der Waals surface area contributed by atoms with Crippen molar-refractivity contribution in [3.63, 3.8) is 0 Å². The summed E-state index contributed by atoms with van der Waals surface area (Å²) < 4.78 is 39.3. The molecule has 2 heterocycles. The summed E-state index contributed by atoms with van der Waals surface area (Å²) in [5.74, 6) is 0.479. The van der Waals surface area contributed by atoms with E-state index in [1.54, 1.807) is 12.0 Å². The van der Waals surface area contributed by atoms with Gasteiger partial charge in [0.05, 0.1) is 18.2 Å². The zero-order valence-corrected chi connectivity index (χ0v) is 18.8. The SMILES string of the molecule is COc1cccc2c1Oc1ccccc1N=C2N1CCN(C(=O)c2ccc(F)cc2F)C(C)C1. The number of hydrogen-bond acceptors (Lipinski definition) is 5. The van der Waals surface area contributed by atoms with Gasteiger partial charge in [-0.05, 0) is 43.3 Å². The topological polar surface area (TPSA) is 54.4 Å². The van der Waals surface area contributed by atoms with Crippen LogP contribution in [0, 0.1) is 11.6 Å². The van der Waals surface area contributed by atoms with Crippen molar-refractivity contribution in [2.75, 3.05) is 26.7 Å². The zero-order chi connectivity index (χ0) is 23.8. The van der Waals surface area contributed by atoms with E-state index in [0.29, 0.717) is 48.4 Å². The first-order valence-electron chi connectivity index (χ1n) is 11.0. The maximum atomic E-state index is 14.2. The van der Waals surface area contributed by atoms with Crippen molar-refractivity contribution in [1.29, 1.82) is 0 Å². The van der Waals surface area contributed by atoms with Crippen LogP contribution in [0.1, 0.15) is 22.8 Å². The number of carbonyl (C=O) groups is 1. The van der Waals surface area contributed by atoms with Gasteiger partial charge in [0.1, 0.15) is 23.2 Å². The molecule has 3 aromatic carbocycles. The van der Waals surface area contributed by atoms with Crippen molar-refractivity contribution in [3.8, 4) is 17.2 Å². The number of carbonyl (C=O) groups excluding carboxylic acids is 1. The number of ether oxygens (including phenoxy) is 2. The molecular formula is C26H23F2N3O3. The van der Waals surface area contributed by atoms with E-state index < -0.39 is 17.5 Å². The fourth-order valence-electron chi connectivity index (χ4n) is 4.39. The van der Waals surface area contributed by atoms with Crippen molar-refractivity contribution < 1.29 is 23.0 Å². The molecule has 0 aliphatic carbocycles. The van der Waals surface area contributed by atoms with Crippen LogP contribution < -0.4 is 9.47 Å². The Morgan fingerprint density at radius 3 is 2.68 bits per heavy atom. The van der Waals surface area contributed by atoms with Gasteiger partial charge < -0.3 is 19.3 Å². The van der Waals surface area contributed by atoms with Gasteiger partial charge >= 0.3 is 0 Å². The van der Waals surface area contributed by atoms with Gasteiger partial charge in [0, 0.05) is 31.7 Å². The first-order valence-corrected chi connectivity index (χ1v) is 11.0. The highest BCUT2D eigenvalue weighted by molar-refractivity contribution is 6.04. The van der Waals surface area contributed by atoms with Crippen LogP contribution in [0.15, 0.2) is 65.7 Å². The minimum atomic E-state index is -0.859. The standard InChI is InChI=1S/C26H23F2N3O3/c1-16-15-30(12-13-31(16)26(32)18-11-10-17(27)14-20(18)28)25-19-6-5-9-23(33-2)24(19)34-22-8-4-3-7-21(22)29-25/h3-11,14,16H,12-13,15H2,1-2H3. The second-order valence-electron chi connectivity index (χ2n) is 8.26. The molecule has 0 N–H and O–H groups in total. The first kappa shape index (κ1) is 21.9. The van der Waals surface area contributed by atoms with Crippen molar-refractivity contribution in [3.05, 3.63) is 83.4 Å². The number of hydrogen-bond donors (Lipinski definition) is 0. The van der Waals surface area contributed by atoms with E-state index in [-0.39, 0.29) is 11.6 Å². The van der Waals surface area contributed by atoms with Crippen LogP contribution in [0.3, 0.4) is 0 Å². The normalized spacial score (nSPS) is 17.2. The molecule has 2 aliphatic heterocycles. The van der Waals surface area contributed by atoms with Gasteiger partial charge in [-0.1, -0.05) is 18.2 Å². The Labute approximate surface area is 196 Å². The molecule has 0 radical (unpaired) electrons.